The monoisotopic (exact) mass is 252 g/mol. The van der Waals surface area contributed by atoms with Crippen molar-refractivity contribution in [2.45, 2.75) is 19.4 Å². The molecule has 98 valence electrons. The Bertz CT molecular complexity index is 451. The fourth-order valence-corrected chi connectivity index (χ4v) is 2.20. The molecule has 4 nitrogen and oxygen atoms in total. The molecule has 0 spiro atoms. The van der Waals surface area contributed by atoms with E-state index in [4.69, 9.17) is 10.5 Å². The van der Waals surface area contributed by atoms with Gasteiger partial charge >= 0.3 is 0 Å². The minimum Gasteiger partial charge on any atom is -0.491 e. The molecule has 1 aliphatic rings. The van der Waals surface area contributed by atoms with Crippen LogP contribution in [0.15, 0.2) is 18.2 Å². The van der Waals surface area contributed by atoms with Crippen LogP contribution in [0.3, 0.4) is 0 Å². The average molecular weight is 252 g/mol. The van der Waals surface area contributed by atoms with E-state index in [-0.39, 0.29) is 18.5 Å². The number of hydrogen-bond donors (Lipinski definition) is 1. The number of amides is 1. The van der Waals surface area contributed by atoms with Gasteiger partial charge < -0.3 is 15.4 Å². The van der Waals surface area contributed by atoms with Crippen LogP contribution in [0.2, 0.25) is 0 Å². The molecule has 0 radical (unpaired) electrons. The summed E-state index contributed by atoms with van der Waals surface area (Å²) < 4.78 is 18.2. The maximum atomic E-state index is 12.6. The highest BCUT2D eigenvalue weighted by atomic mass is 19.1. The van der Waals surface area contributed by atoms with Gasteiger partial charge in [-0.25, -0.2) is 4.39 Å². The van der Waals surface area contributed by atoms with Crippen molar-refractivity contribution in [3.8, 4) is 5.75 Å². The molecule has 5 heteroatoms. The zero-order chi connectivity index (χ0) is 13.1. The summed E-state index contributed by atoms with van der Waals surface area (Å²) in [5, 5.41) is 0. The molecule has 0 bridgehead atoms. The van der Waals surface area contributed by atoms with Crippen LogP contribution in [0.1, 0.15) is 23.7 Å². The molecular weight excluding hydrogens is 235 g/mol. The first-order chi connectivity index (χ1) is 8.69. The van der Waals surface area contributed by atoms with E-state index < -0.39 is 6.67 Å². The van der Waals surface area contributed by atoms with Crippen molar-refractivity contribution in [2.24, 2.45) is 0 Å². The zero-order valence-electron chi connectivity index (χ0n) is 10.4. The smallest absolute Gasteiger partial charge is 0.260 e. The summed E-state index contributed by atoms with van der Waals surface area (Å²) in [6.07, 6.45) is 0.722. The third kappa shape index (κ3) is 2.12. The number of halogens is 1. The normalized spacial score (nSPS) is 19.1. The molecular formula is C13H17FN2O2. The van der Waals surface area contributed by atoms with Crippen LogP contribution in [-0.4, -0.2) is 36.7 Å². The highest BCUT2D eigenvalue weighted by molar-refractivity contribution is 6.02. The second kappa shape index (κ2) is 5.25. The van der Waals surface area contributed by atoms with Crippen molar-refractivity contribution in [2.75, 3.05) is 25.6 Å². The second-order valence-electron chi connectivity index (χ2n) is 4.28. The van der Waals surface area contributed by atoms with Crippen molar-refractivity contribution in [1.82, 2.24) is 4.90 Å². The lowest BCUT2D eigenvalue weighted by Crippen LogP contribution is -2.42. The summed E-state index contributed by atoms with van der Waals surface area (Å²) in [5.74, 6) is 0.241. The minimum absolute atomic E-state index is 0.0779. The van der Waals surface area contributed by atoms with Crippen molar-refractivity contribution in [1.29, 1.82) is 0 Å². The summed E-state index contributed by atoms with van der Waals surface area (Å²) in [5.41, 5.74) is 6.55. The highest BCUT2D eigenvalue weighted by Crippen LogP contribution is 2.30. The number of hydrogen-bond acceptors (Lipinski definition) is 3. The topological polar surface area (TPSA) is 55.6 Å². The Kier molecular flexibility index (Phi) is 3.69. The molecule has 0 saturated heterocycles. The first kappa shape index (κ1) is 12.7. The number of rotatable bonds is 3. The van der Waals surface area contributed by atoms with E-state index in [9.17, 15) is 9.18 Å². The molecule has 1 aromatic rings. The first-order valence-electron chi connectivity index (χ1n) is 6.07. The summed E-state index contributed by atoms with van der Waals surface area (Å²) >= 11 is 0. The lowest BCUT2D eigenvalue weighted by molar-refractivity contribution is 0.0634. The lowest BCUT2D eigenvalue weighted by atomic mass is 10.1. The summed E-state index contributed by atoms with van der Waals surface area (Å²) in [7, 11) is 0. The standard InChI is InChI=1S/C13H17FN2O2/c1-2-9-8-18-11-5-3-4-10(15)12(11)13(17)16(9)7-6-14/h3-5,9H,2,6-8,15H2,1H3/t9-/m0/s1. The molecule has 0 aliphatic carbocycles. The van der Waals surface area contributed by atoms with Gasteiger partial charge in [0, 0.05) is 12.2 Å². The van der Waals surface area contributed by atoms with Crippen LogP contribution < -0.4 is 10.5 Å². The Morgan fingerprint density at radius 1 is 1.56 bits per heavy atom. The van der Waals surface area contributed by atoms with Crippen molar-refractivity contribution >= 4 is 11.6 Å². The van der Waals surface area contributed by atoms with Gasteiger partial charge in [-0.05, 0) is 18.6 Å². The molecule has 1 aromatic carbocycles. The number of fused-ring (bicyclic) bond motifs is 1. The number of anilines is 1. The molecule has 1 heterocycles. The third-order valence-electron chi connectivity index (χ3n) is 3.20. The lowest BCUT2D eigenvalue weighted by Gasteiger charge is -2.27. The van der Waals surface area contributed by atoms with E-state index in [0.29, 0.717) is 23.6 Å². The van der Waals surface area contributed by atoms with Crippen LogP contribution in [-0.2, 0) is 0 Å². The SMILES string of the molecule is CC[C@H]1COc2cccc(N)c2C(=O)N1CCF. The molecule has 2 rings (SSSR count). The number of nitrogen functional groups attached to an aromatic ring is 1. The van der Waals surface area contributed by atoms with Crippen molar-refractivity contribution < 1.29 is 13.9 Å². The fourth-order valence-electron chi connectivity index (χ4n) is 2.20. The van der Waals surface area contributed by atoms with E-state index in [0.717, 1.165) is 6.42 Å². The van der Waals surface area contributed by atoms with Gasteiger partial charge in [-0.1, -0.05) is 13.0 Å². The molecule has 0 unspecified atom stereocenters. The second-order valence-corrected chi connectivity index (χ2v) is 4.28. The minimum atomic E-state index is -0.565. The van der Waals surface area contributed by atoms with Crippen LogP contribution in [0.4, 0.5) is 10.1 Å². The van der Waals surface area contributed by atoms with Gasteiger partial charge in [0.1, 0.15) is 24.6 Å². The molecule has 1 amide bonds. The Labute approximate surface area is 106 Å². The molecule has 1 atom stereocenters. The van der Waals surface area contributed by atoms with E-state index in [1.165, 1.54) is 4.90 Å². The number of ether oxygens (including phenoxy) is 1. The molecule has 2 N–H and O–H groups in total. The van der Waals surface area contributed by atoms with Gasteiger partial charge in [-0.3, -0.25) is 4.79 Å². The van der Waals surface area contributed by atoms with Crippen molar-refractivity contribution in [3.63, 3.8) is 0 Å². The van der Waals surface area contributed by atoms with Gasteiger partial charge in [0.2, 0.25) is 0 Å². The van der Waals surface area contributed by atoms with Gasteiger partial charge in [-0.2, -0.15) is 0 Å². The van der Waals surface area contributed by atoms with Gasteiger partial charge in [0.25, 0.3) is 5.91 Å². The molecule has 1 aliphatic heterocycles. The van der Waals surface area contributed by atoms with Gasteiger partial charge in [-0.15, -0.1) is 0 Å². The van der Waals surface area contributed by atoms with E-state index in [2.05, 4.69) is 0 Å². The Morgan fingerprint density at radius 3 is 3.00 bits per heavy atom. The summed E-state index contributed by atoms with van der Waals surface area (Å²) in [4.78, 5) is 13.9. The van der Waals surface area contributed by atoms with Crippen LogP contribution in [0, 0.1) is 0 Å². The Morgan fingerprint density at radius 2 is 2.33 bits per heavy atom. The number of nitrogens with zero attached hydrogens (tertiary/aromatic N) is 1. The van der Waals surface area contributed by atoms with Gasteiger partial charge in [0.05, 0.1) is 6.04 Å². The third-order valence-corrected chi connectivity index (χ3v) is 3.20. The van der Waals surface area contributed by atoms with Crippen LogP contribution in [0.25, 0.3) is 0 Å². The predicted molar refractivity (Wildman–Crippen MR) is 67.4 cm³/mol. The number of alkyl halides is 1. The molecule has 0 aromatic heterocycles. The highest BCUT2D eigenvalue weighted by Gasteiger charge is 2.31. The molecule has 18 heavy (non-hydrogen) atoms. The maximum absolute atomic E-state index is 12.6. The molecule has 0 saturated carbocycles. The number of carbonyl (C=O) groups is 1. The number of benzene rings is 1. The Hall–Kier alpha value is -1.78. The predicted octanol–water partition coefficient (Wildman–Crippen LogP) is 1.85. The number of nitrogens with two attached hydrogens (primary N) is 1. The molecule has 0 fully saturated rings. The Balaban J connectivity index is 2.43. The zero-order valence-corrected chi connectivity index (χ0v) is 10.4. The first-order valence-corrected chi connectivity index (χ1v) is 6.07. The average Bonchev–Trinajstić information content (AvgIpc) is 2.49. The van der Waals surface area contributed by atoms with E-state index in [1.54, 1.807) is 18.2 Å². The maximum Gasteiger partial charge on any atom is 0.260 e. The largest absolute Gasteiger partial charge is 0.491 e. The van der Waals surface area contributed by atoms with Gasteiger partial charge in [0.15, 0.2) is 0 Å². The van der Waals surface area contributed by atoms with Crippen LogP contribution in [0.5, 0.6) is 5.75 Å². The fraction of sp³-hybridized carbons (Fsp3) is 0.462. The summed E-state index contributed by atoms with van der Waals surface area (Å²) in [6, 6.07) is 5.00. The quantitative estimate of drug-likeness (QED) is 0.835. The summed E-state index contributed by atoms with van der Waals surface area (Å²) in [6.45, 7) is 1.84. The number of carbonyl (C=O) groups excluding carboxylic acids is 1. The van der Waals surface area contributed by atoms with E-state index >= 15 is 0 Å². The van der Waals surface area contributed by atoms with E-state index in [1.807, 2.05) is 6.92 Å². The van der Waals surface area contributed by atoms with Crippen molar-refractivity contribution in [3.05, 3.63) is 23.8 Å². The van der Waals surface area contributed by atoms with Crippen LogP contribution >= 0.6 is 0 Å².